The van der Waals surface area contributed by atoms with Gasteiger partial charge in [-0.1, -0.05) is 25.3 Å². The van der Waals surface area contributed by atoms with Crippen LogP contribution in [0.1, 0.15) is 68.9 Å². The Hall–Kier alpha value is -2.77. The predicted molar refractivity (Wildman–Crippen MR) is 145 cm³/mol. The Balaban J connectivity index is 1.42. The van der Waals surface area contributed by atoms with Crippen molar-refractivity contribution in [1.29, 1.82) is 0 Å². The molecule has 0 aromatic heterocycles. The lowest BCUT2D eigenvalue weighted by molar-refractivity contribution is -0.137. The highest BCUT2D eigenvalue weighted by molar-refractivity contribution is 7.92. The number of anilines is 1. The van der Waals surface area contributed by atoms with Crippen LogP contribution in [0.15, 0.2) is 28.6 Å². The third-order valence-electron chi connectivity index (χ3n) is 7.78. The molecular formula is C27H35F3N4O5S. The van der Waals surface area contributed by atoms with Crippen molar-refractivity contribution in [3.8, 4) is 0 Å². The van der Waals surface area contributed by atoms with Gasteiger partial charge in [0.1, 0.15) is 11.4 Å². The minimum atomic E-state index is -4.76. The zero-order valence-corrected chi connectivity index (χ0v) is 23.0. The molecule has 9 nitrogen and oxygen atoms in total. The van der Waals surface area contributed by atoms with Gasteiger partial charge in [-0.2, -0.15) is 17.5 Å². The van der Waals surface area contributed by atoms with E-state index < -0.39 is 27.3 Å². The quantitative estimate of drug-likeness (QED) is 0.385. The van der Waals surface area contributed by atoms with Gasteiger partial charge < -0.3 is 15.7 Å². The highest BCUT2D eigenvalue weighted by atomic mass is 32.2. The first kappa shape index (κ1) is 30.2. The van der Waals surface area contributed by atoms with E-state index in [-0.39, 0.29) is 80.8 Å². The molecule has 13 heteroatoms. The molecule has 0 atom stereocenters. The lowest BCUT2D eigenvalue weighted by atomic mass is 9.88. The first-order valence-electron chi connectivity index (χ1n) is 13.6. The van der Waals surface area contributed by atoms with Gasteiger partial charge in [0, 0.05) is 43.1 Å². The van der Waals surface area contributed by atoms with E-state index in [1.807, 2.05) is 0 Å². The van der Waals surface area contributed by atoms with Crippen molar-refractivity contribution in [3.63, 3.8) is 0 Å². The number of carbonyl (C=O) groups is 2. The van der Waals surface area contributed by atoms with Crippen LogP contribution in [0.5, 0.6) is 0 Å². The van der Waals surface area contributed by atoms with Crippen molar-refractivity contribution >= 4 is 39.3 Å². The molecule has 2 aliphatic heterocycles. The van der Waals surface area contributed by atoms with Crippen LogP contribution in [-0.2, 0) is 25.8 Å². The summed E-state index contributed by atoms with van der Waals surface area (Å²) in [6.45, 7) is -0.292. The van der Waals surface area contributed by atoms with Crippen LogP contribution < -0.4 is 10.6 Å². The Bertz CT molecular complexity index is 1270. The number of Topliss-reactive ketones (excluding diaryl/α,β-unsaturated/α-hetero) is 1. The van der Waals surface area contributed by atoms with Crippen LogP contribution in [-0.4, -0.2) is 67.1 Å². The third kappa shape index (κ3) is 7.10. The summed E-state index contributed by atoms with van der Waals surface area (Å²) in [5, 5.41) is 15.1. The van der Waals surface area contributed by atoms with E-state index in [0.717, 1.165) is 53.6 Å². The lowest BCUT2D eigenvalue weighted by Gasteiger charge is -2.34. The SMILES string of the molecule is O=C(CCCO)CNc1ccc(/C=C/S(=O)(=O)N2CCC3(CC2)N=C(C2CCCCC2)NC3=O)c(C(F)(F)F)c1. The van der Waals surface area contributed by atoms with Gasteiger partial charge in [0.05, 0.1) is 12.1 Å². The monoisotopic (exact) mass is 584 g/mol. The number of aliphatic imine (C=N–C) groups is 1. The number of piperidine rings is 1. The Labute approximate surface area is 232 Å². The first-order chi connectivity index (χ1) is 18.9. The number of amides is 1. The molecule has 1 aromatic carbocycles. The summed E-state index contributed by atoms with van der Waals surface area (Å²) in [6.07, 6.45) is 2.22. The molecule has 1 spiro atoms. The minimum Gasteiger partial charge on any atom is -0.396 e. The predicted octanol–water partition coefficient (Wildman–Crippen LogP) is 3.70. The highest BCUT2D eigenvalue weighted by Crippen LogP contribution is 2.36. The van der Waals surface area contributed by atoms with Crippen LogP contribution in [0, 0.1) is 5.92 Å². The second kappa shape index (κ2) is 12.4. The van der Waals surface area contributed by atoms with Crippen molar-refractivity contribution in [2.45, 2.75) is 69.5 Å². The topological polar surface area (TPSA) is 128 Å². The third-order valence-corrected chi connectivity index (χ3v) is 9.35. The number of sulfonamides is 1. The molecule has 1 saturated carbocycles. The summed E-state index contributed by atoms with van der Waals surface area (Å²) in [4.78, 5) is 29.3. The Kier molecular flexibility index (Phi) is 9.36. The maximum absolute atomic E-state index is 13.8. The molecule has 3 aliphatic rings. The number of aliphatic hydroxyl groups is 1. The van der Waals surface area contributed by atoms with E-state index in [1.165, 1.54) is 12.5 Å². The highest BCUT2D eigenvalue weighted by Gasteiger charge is 2.48. The number of amidine groups is 1. The van der Waals surface area contributed by atoms with E-state index in [9.17, 15) is 31.2 Å². The average molecular weight is 585 g/mol. The van der Waals surface area contributed by atoms with Crippen LogP contribution in [0.25, 0.3) is 6.08 Å². The van der Waals surface area contributed by atoms with Gasteiger partial charge in [-0.05, 0) is 55.9 Å². The molecule has 0 unspecified atom stereocenters. The second-order valence-electron chi connectivity index (χ2n) is 10.6. The number of hydrogen-bond acceptors (Lipinski definition) is 7. The van der Waals surface area contributed by atoms with Gasteiger partial charge >= 0.3 is 6.18 Å². The average Bonchev–Trinajstić information content (AvgIpc) is 3.25. The molecule has 1 amide bonds. The van der Waals surface area contributed by atoms with Crippen molar-refractivity contribution in [3.05, 3.63) is 34.7 Å². The molecule has 2 fully saturated rings. The van der Waals surface area contributed by atoms with Crippen molar-refractivity contribution < 1.29 is 36.3 Å². The van der Waals surface area contributed by atoms with E-state index >= 15 is 0 Å². The fourth-order valence-corrected chi connectivity index (χ4v) is 6.61. The summed E-state index contributed by atoms with van der Waals surface area (Å²) in [7, 11) is -4.06. The summed E-state index contributed by atoms with van der Waals surface area (Å²) >= 11 is 0. The van der Waals surface area contributed by atoms with E-state index in [0.29, 0.717) is 5.84 Å². The number of halogens is 3. The smallest absolute Gasteiger partial charge is 0.396 e. The van der Waals surface area contributed by atoms with Gasteiger partial charge in [-0.15, -0.1) is 0 Å². The zero-order valence-electron chi connectivity index (χ0n) is 22.2. The molecule has 1 aromatic rings. The van der Waals surface area contributed by atoms with E-state index in [1.54, 1.807) is 0 Å². The molecule has 40 heavy (non-hydrogen) atoms. The van der Waals surface area contributed by atoms with Gasteiger partial charge in [0.2, 0.25) is 10.0 Å². The summed E-state index contributed by atoms with van der Waals surface area (Å²) in [6, 6.07) is 3.31. The number of alkyl halides is 3. The fraction of sp³-hybridized carbons (Fsp3) is 0.593. The summed E-state index contributed by atoms with van der Waals surface area (Å²) in [5.41, 5.74) is -2.31. The van der Waals surface area contributed by atoms with E-state index in [2.05, 4.69) is 10.6 Å². The number of hydrogen-bond donors (Lipinski definition) is 3. The number of benzene rings is 1. The minimum absolute atomic E-state index is 0.0286. The molecular weight excluding hydrogens is 549 g/mol. The largest absolute Gasteiger partial charge is 0.417 e. The zero-order chi connectivity index (χ0) is 29.0. The van der Waals surface area contributed by atoms with Gasteiger partial charge in [0.25, 0.3) is 5.91 Å². The van der Waals surface area contributed by atoms with Crippen molar-refractivity contribution in [2.24, 2.45) is 10.9 Å². The fourth-order valence-electron chi connectivity index (χ4n) is 5.43. The van der Waals surface area contributed by atoms with Crippen LogP contribution in [0.2, 0.25) is 0 Å². The van der Waals surface area contributed by atoms with Gasteiger partial charge in [-0.3, -0.25) is 14.6 Å². The maximum atomic E-state index is 13.8. The molecule has 1 saturated heterocycles. The first-order valence-corrected chi connectivity index (χ1v) is 15.1. The molecule has 0 radical (unpaired) electrons. The number of aliphatic hydroxyl groups excluding tert-OH is 1. The number of ketones is 1. The summed E-state index contributed by atoms with van der Waals surface area (Å²) < 4.78 is 68.5. The van der Waals surface area contributed by atoms with Gasteiger partial charge in [-0.25, -0.2) is 8.42 Å². The number of carbonyl (C=O) groups excluding carboxylic acids is 2. The van der Waals surface area contributed by atoms with Crippen molar-refractivity contribution in [2.75, 3.05) is 31.6 Å². The summed E-state index contributed by atoms with van der Waals surface area (Å²) in [5.74, 6) is 0.456. The van der Waals surface area contributed by atoms with E-state index in [4.69, 9.17) is 10.1 Å². The molecule has 4 rings (SSSR count). The van der Waals surface area contributed by atoms with Crippen LogP contribution >= 0.6 is 0 Å². The standard InChI is InChI=1S/C27H35F3N4O5S/c28-27(29,30)23-17-21(31-18-22(36)7-4-15-35)9-8-19(23)10-16-40(38,39)34-13-11-26(12-14-34)25(37)32-24(33-26)20-5-2-1-3-6-20/h8-10,16-17,20,31,35H,1-7,11-15,18H2,(H,32,33,37)/b16-10+. The van der Waals surface area contributed by atoms with Gasteiger partial charge in [0.15, 0.2) is 5.78 Å². The lowest BCUT2D eigenvalue weighted by Crippen LogP contribution is -2.50. The van der Waals surface area contributed by atoms with Crippen molar-refractivity contribution in [1.82, 2.24) is 9.62 Å². The molecule has 1 aliphatic carbocycles. The Morgan fingerprint density at radius 3 is 2.55 bits per heavy atom. The Morgan fingerprint density at radius 2 is 1.90 bits per heavy atom. The second-order valence-corrected chi connectivity index (χ2v) is 12.4. The molecule has 3 N–H and O–H groups in total. The van der Waals surface area contributed by atoms with Crippen LogP contribution in [0.4, 0.5) is 18.9 Å². The number of nitrogens with one attached hydrogen (secondary N) is 2. The Morgan fingerprint density at radius 1 is 1.20 bits per heavy atom. The normalized spacial score (nSPS) is 20.6. The molecule has 0 bridgehead atoms. The number of nitrogens with zero attached hydrogens (tertiary/aromatic N) is 2. The number of rotatable bonds is 10. The maximum Gasteiger partial charge on any atom is 0.417 e. The molecule has 220 valence electrons. The van der Waals surface area contributed by atoms with Crippen LogP contribution in [0.3, 0.4) is 0 Å². The molecule has 2 heterocycles.